The summed E-state index contributed by atoms with van der Waals surface area (Å²) >= 11 is 8.06. The highest BCUT2D eigenvalue weighted by Gasteiger charge is 2.41. The minimum Gasteiger partial charge on any atom is -0.475 e. The molecule has 4 fully saturated rings. The number of hydrogen-bond acceptors (Lipinski definition) is 12. The Labute approximate surface area is 366 Å². The quantitative estimate of drug-likeness (QED) is 0.208. The molecule has 5 aliphatic heterocycles. The summed E-state index contributed by atoms with van der Waals surface area (Å²) in [7, 11) is 0. The third-order valence-corrected chi connectivity index (χ3v) is 14.9. The van der Waals surface area contributed by atoms with E-state index in [1.807, 2.05) is 18.7 Å². The molecule has 6 unspecified atom stereocenters. The number of ether oxygens (including phenoxy) is 1. The molecule has 0 saturated carbocycles. The lowest BCUT2D eigenvalue weighted by atomic mass is 9.81. The second-order valence-corrected chi connectivity index (χ2v) is 19.7. The number of nitrogens with one attached hydrogen (secondary N) is 1. The Morgan fingerprint density at radius 3 is 2.61 bits per heavy atom. The number of carbonyl (C=O) groups is 1. The molecule has 1 aromatic heterocycles. The highest BCUT2D eigenvalue weighted by atomic mass is 35.5. The van der Waals surface area contributed by atoms with Gasteiger partial charge in [-0.05, 0) is 99.6 Å². The number of thioether (sulfide) groups is 1. The van der Waals surface area contributed by atoms with Crippen LogP contribution in [-0.2, 0) is 4.79 Å². The van der Waals surface area contributed by atoms with Gasteiger partial charge in [0.15, 0.2) is 11.6 Å². The van der Waals surface area contributed by atoms with Gasteiger partial charge in [0.2, 0.25) is 5.91 Å². The van der Waals surface area contributed by atoms with Crippen LogP contribution in [0, 0.1) is 28.5 Å². The van der Waals surface area contributed by atoms with Crippen molar-refractivity contribution in [2.24, 2.45) is 27.1 Å². The number of carbonyl (C=O) groups excluding carboxylic acids is 1. The van der Waals surface area contributed by atoms with Crippen molar-refractivity contribution in [3.8, 4) is 11.9 Å². The van der Waals surface area contributed by atoms with E-state index in [1.54, 1.807) is 12.1 Å². The predicted octanol–water partition coefficient (Wildman–Crippen LogP) is 7.35. The second-order valence-electron chi connectivity index (χ2n) is 18.1. The summed E-state index contributed by atoms with van der Waals surface area (Å²) in [5, 5.41) is 17.3. The molecular formula is C45H56ClF2N9O3S. The van der Waals surface area contributed by atoms with Crippen LogP contribution in [0.3, 0.4) is 0 Å². The maximum atomic E-state index is 17.4. The zero-order valence-corrected chi connectivity index (χ0v) is 37.0. The van der Waals surface area contributed by atoms with E-state index in [1.165, 1.54) is 12.1 Å². The minimum absolute atomic E-state index is 0.0481. The van der Waals surface area contributed by atoms with Crippen LogP contribution in [0.25, 0.3) is 5.57 Å². The van der Waals surface area contributed by atoms with Crippen LogP contribution >= 0.6 is 23.4 Å². The average Bonchev–Trinajstić information content (AvgIpc) is 4.03. The summed E-state index contributed by atoms with van der Waals surface area (Å²) in [6, 6.07) is 7.53. The first-order valence-electron chi connectivity index (χ1n) is 21.6. The van der Waals surface area contributed by atoms with Gasteiger partial charge >= 0.3 is 0 Å². The van der Waals surface area contributed by atoms with E-state index >= 15 is 8.78 Å². The molecule has 8 rings (SSSR count). The first kappa shape index (κ1) is 43.6. The van der Waals surface area contributed by atoms with Gasteiger partial charge in [0.05, 0.1) is 35.5 Å². The molecular weight excluding hydrogens is 820 g/mol. The predicted molar refractivity (Wildman–Crippen MR) is 235 cm³/mol. The fourth-order valence-electron chi connectivity index (χ4n) is 9.91. The molecule has 6 atom stereocenters. The molecule has 1 aliphatic carbocycles. The fourth-order valence-corrected chi connectivity index (χ4v) is 11.3. The first-order chi connectivity index (χ1) is 29.3. The molecule has 6 heterocycles. The van der Waals surface area contributed by atoms with Crippen LogP contribution in [0.5, 0.6) is 5.88 Å². The van der Waals surface area contributed by atoms with E-state index in [0.717, 1.165) is 69.9 Å². The van der Waals surface area contributed by atoms with Crippen molar-refractivity contribution in [1.82, 2.24) is 25.2 Å². The van der Waals surface area contributed by atoms with Crippen molar-refractivity contribution >= 4 is 47.3 Å². The number of halogens is 3. The third kappa shape index (κ3) is 8.68. The number of fused-ring (bicyclic) bond motifs is 3. The van der Waals surface area contributed by atoms with Crippen LogP contribution in [0.2, 0.25) is 0 Å². The summed E-state index contributed by atoms with van der Waals surface area (Å²) in [6.45, 7) is 17.3. The summed E-state index contributed by atoms with van der Waals surface area (Å²) in [4.78, 5) is 29.5. The molecule has 3 N–H and O–H groups in total. The number of benzene rings is 1. The lowest BCUT2D eigenvalue weighted by Crippen LogP contribution is -2.50. The van der Waals surface area contributed by atoms with E-state index in [2.05, 4.69) is 51.9 Å². The number of amides is 1. The summed E-state index contributed by atoms with van der Waals surface area (Å²) in [6.07, 6.45) is 7.54. The van der Waals surface area contributed by atoms with Crippen molar-refractivity contribution in [2.75, 3.05) is 52.4 Å². The molecule has 0 radical (unpaired) electrons. The van der Waals surface area contributed by atoms with Gasteiger partial charge in [-0.3, -0.25) is 9.79 Å². The average molecular weight is 877 g/mol. The SMILES string of the molecule is C=N/C(=C1/C=C(Cl)C(c2ccc(F)c3c2C(C#N)C(N)S3)=C(F)C1=NCCN1CCC(C)(COc2cc(C(C(=O)N3CCCC3C)C(C)C)on2)CC1)N1CC2CCC(C1)N2. The first-order valence-corrected chi connectivity index (χ1v) is 22.9. The Kier molecular flexibility index (Phi) is 12.8. The van der Waals surface area contributed by atoms with Crippen molar-refractivity contribution in [3.63, 3.8) is 0 Å². The smallest absolute Gasteiger partial charge is 0.254 e. The van der Waals surface area contributed by atoms with Gasteiger partial charge in [-0.1, -0.05) is 38.4 Å². The molecule has 12 nitrogen and oxygen atoms in total. The zero-order valence-electron chi connectivity index (χ0n) is 35.4. The Morgan fingerprint density at radius 2 is 1.95 bits per heavy atom. The Balaban J connectivity index is 0.977. The summed E-state index contributed by atoms with van der Waals surface area (Å²) in [5.41, 5.74) is 7.42. The number of aliphatic imine (C=N–C) groups is 2. The number of hydrogen-bond donors (Lipinski definition) is 2. The third-order valence-electron chi connectivity index (χ3n) is 13.4. The van der Waals surface area contributed by atoms with Gasteiger partial charge in [-0.15, -0.1) is 11.8 Å². The number of nitrogens with zero attached hydrogens (tertiary/aromatic N) is 7. The Morgan fingerprint density at radius 1 is 1.21 bits per heavy atom. The van der Waals surface area contributed by atoms with E-state index in [-0.39, 0.29) is 44.5 Å². The van der Waals surface area contributed by atoms with E-state index in [9.17, 15) is 10.1 Å². The number of nitriles is 1. The highest BCUT2D eigenvalue weighted by Crippen LogP contribution is 2.50. The Hall–Kier alpha value is -4.07. The zero-order chi connectivity index (χ0) is 43.2. The van der Waals surface area contributed by atoms with Gasteiger partial charge in [0.25, 0.3) is 5.88 Å². The van der Waals surface area contributed by atoms with Crippen LogP contribution in [0.1, 0.15) is 94.9 Å². The maximum absolute atomic E-state index is 17.4. The lowest BCUT2D eigenvalue weighted by Gasteiger charge is -2.38. The van der Waals surface area contributed by atoms with Gasteiger partial charge in [-0.2, -0.15) is 5.26 Å². The summed E-state index contributed by atoms with van der Waals surface area (Å²) in [5.74, 6) is -0.863. The van der Waals surface area contributed by atoms with Crippen molar-refractivity contribution in [3.05, 3.63) is 69.2 Å². The van der Waals surface area contributed by atoms with Crippen molar-refractivity contribution < 1.29 is 22.8 Å². The molecule has 16 heteroatoms. The number of aromatic nitrogens is 1. The van der Waals surface area contributed by atoms with E-state index in [4.69, 9.17) is 31.6 Å². The van der Waals surface area contributed by atoms with Crippen molar-refractivity contribution in [1.29, 1.82) is 5.26 Å². The molecule has 1 amide bonds. The number of allylic oxidation sites excluding steroid dienone is 5. The van der Waals surface area contributed by atoms with Crippen LogP contribution in [-0.4, -0.2) is 114 Å². The number of piperidine rings is 1. The number of likely N-dealkylation sites (tertiary alicyclic amines) is 3. The molecule has 1 aromatic carbocycles. The second kappa shape index (κ2) is 18.0. The van der Waals surface area contributed by atoms with E-state index in [0.29, 0.717) is 79.0 Å². The van der Waals surface area contributed by atoms with Gasteiger partial charge in [0.1, 0.15) is 23.3 Å². The lowest BCUT2D eigenvalue weighted by molar-refractivity contribution is -0.134. The molecule has 61 heavy (non-hydrogen) atoms. The molecule has 0 spiro atoms. The van der Waals surface area contributed by atoms with Gasteiger partial charge < -0.3 is 35.0 Å². The van der Waals surface area contributed by atoms with Gasteiger partial charge in [0, 0.05) is 71.8 Å². The number of nitrogens with two attached hydrogens (primary N) is 1. The molecule has 326 valence electrons. The topological polar surface area (TPSA) is 149 Å². The normalized spacial score (nSPS) is 28.3. The maximum Gasteiger partial charge on any atom is 0.254 e. The molecule has 4 saturated heterocycles. The monoisotopic (exact) mass is 875 g/mol. The fraction of sp³-hybridized carbons (Fsp3) is 0.578. The number of rotatable bonds is 12. The molecule has 2 bridgehead atoms. The standard InChI is InChI=1S/C45H56ClF2N9O3S/c1-25(2)36(44(58)57-15-6-7-26(57)3)34-20-35(54-60-34)59-24-45(4)12-16-55(17-13-45)18-14-52-40-30(43(51-5)56-22-27-8-9-28(23-56)53-27)19-32(46)38(39(40)48)29-10-11-33(47)41-37(29)31(21-49)42(50)61-41/h10-11,19-20,25-28,31,36,42,53H,5-9,12-18,22-24,50H2,1-4H3/b43-30+,52-40?. The van der Waals surface area contributed by atoms with Gasteiger partial charge in [-0.25, -0.2) is 13.8 Å². The number of piperazine rings is 1. The summed E-state index contributed by atoms with van der Waals surface area (Å²) < 4.78 is 44.4. The Bertz CT molecular complexity index is 2200. The van der Waals surface area contributed by atoms with Crippen LogP contribution < -0.4 is 15.8 Å². The molecule has 2 aromatic rings. The minimum atomic E-state index is -0.852. The largest absolute Gasteiger partial charge is 0.475 e. The highest BCUT2D eigenvalue weighted by molar-refractivity contribution is 8.00. The molecule has 6 aliphatic rings. The van der Waals surface area contributed by atoms with Crippen LogP contribution in [0.15, 0.2) is 65.9 Å². The van der Waals surface area contributed by atoms with Crippen LogP contribution in [0.4, 0.5) is 8.78 Å². The van der Waals surface area contributed by atoms with E-state index < -0.39 is 28.9 Å². The van der Waals surface area contributed by atoms with Crippen molar-refractivity contribution in [2.45, 2.75) is 106 Å².